The van der Waals surface area contributed by atoms with E-state index in [-0.39, 0.29) is 30.0 Å². The summed E-state index contributed by atoms with van der Waals surface area (Å²) in [4.78, 5) is 26.3. The fraction of sp³-hybridized carbons (Fsp3) is 0.294. The third-order valence-electron chi connectivity index (χ3n) is 3.30. The van der Waals surface area contributed by atoms with Gasteiger partial charge in [0.25, 0.3) is 11.8 Å². The Morgan fingerprint density at radius 3 is 2.44 bits per heavy atom. The standard InChI is InChI=1S/C17H20BrN3O3.ClH/c1-17(2,19)10-20-15(22)11-6-4-5-7-12(11)21(3)16(23)13-8-9-14(18)24-13;/h4-9H,10,19H2,1-3H3,(H,20,22);1H. The first-order valence-electron chi connectivity index (χ1n) is 7.38. The summed E-state index contributed by atoms with van der Waals surface area (Å²) in [6, 6.07) is 10.1. The Kier molecular flexibility index (Phi) is 7.22. The van der Waals surface area contributed by atoms with E-state index in [0.29, 0.717) is 22.5 Å². The number of nitrogens with zero attached hydrogens (tertiary/aromatic N) is 1. The van der Waals surface area contributed by atoms with E-state index in [1.165, 1.54) is 4.90 Å². The quantitative estimate of drug-likeness (QED) is 0.762. The van der Waals surface area contributed by atoms with Crippen molar-refractivity contribution in [2.45, 2.75) is 19.4 Å². The number of carbonyl (C=O) groups is 2. The van der Waals surface area contributed by atoms with Gasteiger partial charge in [0.05, 0.1) is 11.3 Å². The first-order valence-corrected chi connectivity index (χ1v) is 8.18. The molecule has 0 aliphatic carbocycles. The summed E-state index contributed by atoms with van der Waals surface area (Å²) < 4.78 is 5.76. The number of anilines is 1. The maximum absolute atomic E-state index is 12.5. The number of hydrogen-bond acceptors (Lipinski definition) is 4. The van der Waals surface area contributed by atoms with Crippen LogP contribution in [-0.2, 0) is 0 Å². The summed E-state index contributed by atoms with van der Waals surface area (Å²) in [5.74, 6) is -0.452. The molecule has 0 saturated carbocycles. The zero-order chi connectivity index (χ0) is 17.9. The zero-order valence-corrected chi connectivity index (χ0v) is 16.6. The van der Waals surface area contributed by atoms with Gasteiger partial charge in [0.1, 0.15) is 0 Å². The van der Waals surface area contributed by atoms with Gasteiger partial charge in [-0.1, -0.05) is 12.1 Å². The average Bonchev–Trinajstić information content (AvgIpc) is 2.97. The third kappa shape index (κ3) is 5.59. The molecule has 25 heavy (non-hydrogen) atoms. The molecule has 0 atom stereocenters. The van der Waals surface area contributed by atoms with E-state index in [1.807, 2.05) is 13.8 Å². The SMILES string of the molecule is CN(C(=O)c1ccc(Br)o1)c1ccccc1C(=O)NCC(C)(C)N.Cl. The van der Waals surface area contributed by atoms with Crippen molar-refractivity contribution in [2.75, 3.05) is 18.5 Å². The highest BCUT2D eigenvalue weighted by molar-refractivity contribution is 9.10. The van der Waals surface area contributed by atoms with Crippen LogP contribution in [0.3, 0.4) is 0 Å². The first-order chi connectivity index (χ1) is 11.2. The van der Waals surface area contributed by atoms with Crippen LogP contribution >= 0.6 is 28.3 Å². The molecule has 2 aromatic rings. The smallest absolute Gasteiger partial charge is 0.293 e. The maximum Gasteiger partial charge on any atom is 0.293 e. The number of nitrogens with one attached hydrogen (secondary N) is 1. The van der Waals surface area contributed by atoms with Gasteiger partial charge in [-0.15, -0.1) is 12.4 Å². The molecule has 2 amide bonds. The average molecular weight is 431 g/mol. The van der Waals surface area contributed by atoms with Gasteiger partial charge in [0.2, 0.25) is 0 Å². The molecule has 0 aliphatic heterocycles. The minimum absolute atomic E-state index is 0. The zero-order valence-electron chi connectivity index (χ0n) is 14.2. The second kappa shape index (κ2) is 8.51. The molecule has 8 heteroatoms. The number of rotatable bonds is 5. The van der Waals surface area contributed by atoms with E-state index in [9.17, 15) is 9.59 Å². The fourth-order valence-electron chi connectivity index (χ4n) is 2.07. The summed E-state index contributed by atoms with van der Waals surface area (Å²) in [6.45, 7) is 3.97. The van der Waals surface area contributed by atoms with Gasteiger partial charge in [0.15, 0.2) is 10.4 Å². The lowest BCUT2D eigenvalue weighted by Crippen LogP contribution is -2.45. The Bertz CT molecular complexity index is 756. The van der Waals surface area contributed by atoms with Gasteiger partial charge in [0, 0.05) is 19.1 Å². The highest BCUT2D eigenvalue weighted by atomic mass is 79.9. The van der Waals surface area contributed by atoms with Gasteiger partial charge in [-0.3, -0.25) is 9.59 Å². The Labute approximate surface area is 161 Å². The molecule has 3 N–H and O–H groups in total. The van der Waals surface area contributed by atoms with Crippen LogP contribution in [0.4, 0.5) is 5.69 Å². The minimum Gasteiger partial charge on any atom is -0.444 e. The van der Waals surface area contributed by atoms with Crippen molar-refractivity contribution in [3.05, 3.63) is 52.4 Å². The number of amides is 2. The van der Waals surface area contributed by atoms with Crippen molar-refractivity contribution < 1.29 is 14.0 Å². The number of nitrogens with two attached hydrogens (primary N) is 1. The number of furan rings is 1. The second-order valence-corrected chi connectivity index (χ2v) is 6.94. The lowest BCUT2D eigenvalue weighted by atomic mass is 10.1. The number of hydrogen-bond donors (Lipinski definition) is 2. The lowest BCUT2D eigenvalue weighted by Gasteiger charge is -2.22. The molecule has 0 spiro atoms. The van der Waals surface area contributed by atoms with Gasteiger partial charge in [-0.25, -0.2) is 0 Å². The molecule has 2 rings (SSSR count). The van der Waals surface area contributed by atoms with E-state index < -0.39 is 5.54 Å². The lowest BCUT2D eigenvalue weighted by molar-refractivity contribution is 0.0946. The van der Waals surface area contributed by atoms with Crippen LogP contribution in [0.5, 0.6) is 0 Å². The normalized spacial score (nSPS) is 10.8. The van der Waals surface area contributed by atoms with E-state index >= 15 is 0 Å². The van der Waals surface area contributed by atoms with Crippen molar-refractivity contribution in [3.63, 3.8) is 0 Å². The molecule has 0 fully saturated rings. The van der Waals surface area contributed by atoms with Gasteiger partial charge >= 0.3 is 0 Å². The van der Waals surface area contributed by atoms with E-state index in [1.54, 1.807) is 43.4 Å². The van der Waals surface area contributed by atoms with Crippen molar-refractivity contribution in [3.8, 4) is 0 Å². The van der Waals surface area contributed by atoms with Gasteiger partial charge in [-0.2, -0.15) is 0 Å². The summed E-state index contributed by atoms with van der Waals surface area (Å²) in [7, 11) is 1.59. The number of benzene rings is 1. The molecule has 136 valence electrons. The van der Waals surface area contributed by atoms with Crippen molar-refractivity contribution in [1.82, 2.24) is 5.32 Å². The molecule has 0 aliphatic rings. The van der Waals surface area contributed by atoms with Crippen LogP contribution in [0.15, 0.2) is 45.5 Å². The predicted molar refractivity (Wildman–Crippen MR) is 103 cm³/mol. The van der Waals surface area contributed by atoms with Crippen molar-refractivity contribution in [1.29, 1.82) is 0 Å². The van der Waals surface area contributed by atoms with Crippen LogP contribution in [0, 0.1) is 0 Å². The molecular weight excluding hydrogens is 410 g/mol. The topological polar surface area (TPSA) is 88.6 Å². The Morgan fingerprint density at radius 2 is 1.88 bits per heavy atom. The third-order valence-corrected chi connectivity index (χ3v) is 3.73. The highest BCUT2D eigenvalue weighted by Crippen LogP contribution is 2.23. The van der Waals surface area contributed by atoms with Crippen LogP contribution in [-0.4, -0.2) is 30.9 Å². The van der Waals surface area contributed by atoms with E-state index in [4.69, 9.17) is 10.2 Å². The summed E-state index contributed by atoms with van der Waals surface area (Å²) in [5.41, 5.74) is 6.25. The van der Waals surface area contributed by atoms with E-state index in [0.717, 1.165) is 0 Å². The van der Waals surface area contributed by atoms with Crippen LogP contribution < -0.4 is 16.0 Å². The molecule has 0 bridgehead atoms. The van der Waals surface area contributed by atoms with Crippen LogP contribution in [0.25, 0.3) is 0 Å². The predicted octanol–water partition coefficient (Wildman–Crippen LogP) is 3.21. The molecule has 1 aromatic carbocycles. The number of halogens is 2. The molecule has 0 saturated heterocycles. The second-order valence-electron chi connectivity index (χ2n) is 6.16. The molecule has 0 radical (unpaired) electrons. The summed E-state index contributed by atoms with van der Waals surface area (Å²) >= 11 is 3.17. The first kappa shape index (κ1) is 21.2. The Morgan fingerprint density at radius 1 is 1.24 bits per heavy atom. The van der Waals surface area contributed by atoms with Gasteiger partial charge < -0.3 is 20.4 Å². The van der Waals surface area contributed by atoms with Crippen LogP contribution in [0.1, 0.15) is 34.8 Å². The Balaban J connectivity index is 0.00000312. The van der Waals surface area contributed by atoms with E-state index in [2.05, 4.69) is 21.2 Å². The van der Waals surface area contributed by atoms with Crippen molar-refractivity contribution in [2.24, 2.45) is 5.73 Å². The summed E-state index contributed by atoms with van der Waals surface area (Å²) in [6.07, 6.45) is 0. The number of para-hydroxylation sites is 1. The summed E-state index contributed by atoms with van der Waals surface area (Å²) in [5, 5.41) is 2.78. The largest absolute Gasteiger partial charge is 0.444 e. The monoisotopic (exact) mass is 429 g/mol. The molecule has 6 nitrogen and oxygen atoms in total. The van der Waals surface area contributed by atoms with Gasteiger partial charge in [-0.05, 0) is 54.0 Å². The maximum atomic E-state index is 12.5. The highest BCUT2D eigenvalue weighted by Gasteiger charge is 2.22. The molecular formula is C17H21BrClN3O3. The fourth-order valence-corrected chi connectivity index (χ4v) is 2.37. The molecule has 1 aromatic heterocycles. The number of carbonyl (C=O) groups excluding carboxylic acids is 2. The van der Waals surface area contributed by atoms with Crippen molar-refractivity contribution >= 4 is 45.8 Å². The minimum atomic E-state index is -0.521. The molecule has 1 heterocycles. The van der Waals surface area contributed by atoms with Crippen LogP contribution in [0.2, 0.25) is 0 Å². The Hall–Kier alpha value is -1.83. The molecule has 0 unspecified atom stereocenters.